The molecule has 1 spiro atoms. The van der Waals surface area contributed by atoms with Gasteiger partial charge < -0.3 is 5.32 Å². The fourth-order valence-corrected chi connectivity index (χ4v) is 3.70. The van der Waals surface area contributed by atoms with Crippen molar-refractivity contribution in [3.05, 3.63) is 29.8 Å². The lowest BCUT2D eigenvalue weighted by molar-refractivity contribution is 0.268. The predicted molar refractivity (Wildman–Crippen MR) is 85.3 cm³/mol. The van der Waals surface area contributed by atoms with Crippen LogP contribution in [-0.4, -0.2) is 37.3 Å². The number of rotatable bonds is 3. The largest absolute Gasteiger partial charge is 0.316 e. The van der Waals surface area contributed by atoms with Crippen molar-refractivity contribution >= 4 is 24.2 Å². The van der Waals surface area contributed by atoms with Crippen LogP contribution in [0.3, 0.4) is 0 Å². The Hall–Kier alpha value is -0.220. The van der Waals surface area contributed by atoms with Gasteiger partial charge in [-0.3, -0.25) is 4.90 Å². The Morgan fingerprint density at radius 2 is 2.05 bits per heavy atom. The molecule has 19 heavy (non-hydrogen) atoms. The number of halogens is 1. The Labute approximate surface area is 126 Å². The number of nitrogens with one attached hydrogen (secondary N) is 1. The van der Waals surface area contributed by atoms with Gasteiger partial charge in [0.1, 0.15) is 0 Å². The first-order valence-electron chi connectivity index (χ1n) is 6.86. The molecule has 2 aliphatic rings. The summed E-state index contributed by atoms with van der Waals surface area (Å²) < 4.78 is 0. The maximum atomic E-state index is 3.53. The molecule has 1 N–H and O–H groups in total. The van der Waals surface area contributed by atoms with Gasteiger partial charge in [-0.2, -0.15) is 0 Å². The van der Waals surface area contributed by atoms with Crippen LogP contribution in [0.1, 0.15) is 18.4 Å². The normalized spacial score (nSPS) is 26.8. The van der Waals surface area contributed by atoms with Crippen LogP contribution in [-0.2, 0) is 6.54 Å². The second-order valence-corrected chi connectivity index (χ2v) is 6.62. The SMILES string of the molecule is CSc1ccc(CN2CCC3(CCNC3)C2)cc1.Cl. The van der Waals surface area contributed by atoms with E-state index >= 15 is 0 Å². The second kappa shape index (κ2) is 6.49. The van der Waals surface area contributed by atoms with Gasteiger partial charge in [0, 0.05) is 24.5 Å². The topological polar surface area (TPSA) is 15.3 Å². The number of nitrogens with zero attached hydrogens (tertiary/aromatic N) is 1. The van der Waals surface area contributed by atoms with Gasteiger partial charge in [-0.25, -0.2) is 0 Å². The highest BCUT2D eigenvalue weighted by Gasteiger charge is 2.39. The molecule has 0 saturated carbocycles. The first-order chi connectivity index (χ1) is 8.80. The van der Waals surface area contributed by atoms with Gasteiger partial charge in [-0.15, -0.1) is 24.2 Å². The van der Waals surface area contributed by atoms with Gasteiger partial charge in [0.2, 0.25) is 0 Å². The van der Waals surface area contributed by atoms with Crippen molar-refractivity contribution in [2.75, 3.05) is 32.4 Å². The third kappa shape index (κ3) is 3.46. The summed E-state index contributed by atoms with van der Waals surface area (Å²) in [5.74, 6) is 0. The zero-order valence-corrected chi connectivity index (χ0v) is 13.2. The van der Waals surface area contributed by atoms with Gasteiger partial charge in [0.15, 0.2) is 0 Å². The van der Waals surface area contributed by atoms with E-state index in [0.717, 1.165) is 6.54 Å². The zero-order chi connectivity index (χ0) is 12.4. The number of benzene rings is 1. The standard InChI is InChI=1S/C15H22N2S.ClH/c1-18-14-4-2-13(3-5-14)10-17-9-7-15(12-17)6-8-16-11-15;/h2-5,16H,6-12H2,1H3;1H. The highest BCUT2D eigenvalue weighted by Crippen LogP contribution is 2.36. The molecule has 2 aliphatic heterocycles. The average molecular weight is 299 g/mol. The van der Waals surface area contributed by atoms with Gasteiger partial charge in [-0.1, -0.05) is 12.1 Å². The highest BCUT2D eigenvalue weighted by molar-refractivity contribution is 7.98. The lowest BCUT2D eigenvalue weighted by Gasteiger charge is -2.22. The maximum Gasteiger partial charge on any atom is 0.0233 e. The number of likely N-dealkylation sites (tertiary alicyclic amines) is 1. The molecule has 2 saturated heterocycles. The molecule has 106 valence electrons. The first-order valence-corrected chi connectivity index (χ1v) is 8.08. The van der Waals surface area contributed by atoms with E-state index in [4.69, 9.17) is 0 Å². The third-order valence-corrected chi connectivity index (χ3v) is 5.16. The van der Waals surface area contributed by atoms with Gasteiger partial charge in [-0.05, 0) is 55.3 Å². The quantitative estimate of drug-likeness (QED) is 0.864. The van der Waals surface area contributed by atoms with Crippen molar-refractivity contribution in [2.24, 2.45) is 5.41 Å². The minimum Gasteiger partial charge on any atom is -0.316 e. The van der Waals surface area contributed by atoms with Crippen molar-refractivity contribution in [1.29, 1.82) is 0 Å². The van der Waals surface area contributed by atoms with Crippen LogP contribution in [0.4, 0.5) is 0 Å². The molecule has 1 atom stereocenters. The van der Waals surface area contributed by atoms with Crippen LogP contribution in [0.2, 0.25) is 0 Å². The molecule has 0 aromatic heterocycles. The van der Waals surface area contributed by atoms with E-state index in [-0.39, 0.29) is 12.4 Å². The van der Waals surface area contributed by atoms with E-state index in [9.17, 15) is 0 Å². The molecule has 1 unspecified atom stereocenters. The maximum absolute atomic E-state index is 3.53. The smallest absolute Gasteiger partial charge is 0.0233 e. The molecule has 2 fully saturated rings. The molecule has 0 bridgehead atoms. The first kappa shape index (κ1) is 15.2. The summed E-state index contributed by atoms with van der Waals surface area (Å²) in [5, 5.41) is 3.53. The molecule has 4 heteroatoms. The Bertz CT molecular complexity index is 401. The van der Waals surface area contributed by atoms with E-state index in [1.165, 1.54) is 49.5 Å². The molecule has 2 heterocycles. The lowest BCUT2D eigenvalue weighted by atomic mass is 9.87. The van der Waals surface area contributed by atoms with Crippen molar-refractivity contribution in [1.82, 2.24) is 10.2 Å². The van der Waals surface area contributed by atoms with Crippen LogP contribution >= 0.6 is 24.2 Å². The van der Waals surface area contributed by atoms with Crippen molar-refractivity contribution in [3.8, 4) is 0 Å². The van der Waals surface area contributed by atoms with E-state index in [2.05, 4.69) is 40.7 Å². The number of thioether (sulfide) groups is 1. The molecule has 0 aliphatic carbocycles. The Morgan fingerprint density at radius 1 is 1.26 bits per heavy atom. The predicted octanol–water partition coefficient (Wildman–Crippen LogP) is 3.02. The number of hydrogen-bond donors (Lipinski definition) is 1. The van der Waals surface area contributed by atoms with Crippen molar-refractivity contribution in [2.45, 2.75) is 24.3 Å². The van der Waals surface area contributed by atoms with Crippen molar-refractivity contribution in [3.63, 3.8) is 0 Å². The fraction of sp³-hybridized carbons (Fsp3) is 0.600. The molecule has 1 aromatic rings. The second-order valence-electron chi connectivity index (χ2n) is 5.74. The van der Waals surface area contributed by atoms with E-state index in [1.54, 1.807) is 0 Å². The van der Waals surface area contributed by atoms with Crippen LogP contribution in [0.15, 0.2) is 29.2 Å². The summed E-state index contributed by atoms with van der Waals surface area (Å²) in [5.41, 5.74) is 2.05. The van der Waals surface area contributed by atoms with Crippen molar-refractivity contribution < 1.29 is 0 Å². The van der Waals surface area contributed by atoms with E-state index in [0.29, 0.717) is 5.41 Å². The Balaban J connectivity index is 0.00000133. The summed E-state index contributed by atoms with van der Waals surface area (Å²) in [6.07, 6.45) is 4.88. The molecule has 0 radical (unpaired) electrons. The Morgan fingerprint density at radius 3 is 2.68 bits per heavy atom. The van der Waals surface area contributed by atoms with Crippen LogP contribution in [0.5, 0.6) is 0 Å². The molecule has 0 amide bonds. The summed E-state index contributed by atoms with van der Waals surface area (Å²) in [6.45, 7) is 6.12. The minimum atomic E-state index is 0. The zero-order valence-electron chi connectivity index (χ0n) is 11.5. The van der Waals surface area contributed by atoms with E-state index < -0.39 is 0 Å². The summed E-state index contributed by atoms with van der Waals surface area (Å²) >= 11 is 1.81. The van der Waals surface area contributed by atoms with Gasteiger partial charge >= 0.3 is 0 Å². The Kier molecular flexibility index (Phi) is 5.18. The highest BCUT2D eigenvalue weighted by atomic mass is 35.5. The fourth-order valence-electron chi connectivity index (χ4n) is 3.30. The summed E-state index contributed by atoms with van der Waals surface area (Å²) in [4.78, 5) is 3.98. The lowest BCUT2D eigenvalue weighted by Crippen LogP contribution is -2.28. The summed E-state index contributed by atoms with van der Waals surface area (Å²) in [6, 6.07) is 9.04. The van der Waals surface area contributed by atoms with Crippen LogP contribution in [0.25, 0.3) is 0 Å². The van der Waals surface area contributed by atoms with E-state index in [1.807, 2.05) is 11.8 Å². The van der Waals surface area contributed by atoms with Crippen LogP contribution < -0.4 is 5.32 Å². The summed E-state index contributed by atoms with van der Waals surface area (Å²) in [7, 11) is 0. The van der Waals surface area contributed by atoms with Gasteiger partial charge in [0.25, 0.3) is 0 Å². The molecular weight excluding hydrogens is 276 g/mol. The van der Waals surface area contributed by atoms with Crippen LogP contribution in [0, 0.1) is 5.41 Å². The third-order valence-electron chi connectivity index (χ3n) is 4.41. The minimum absolute atomic E-state index is 0. The molecular formula is C15H23ClN2S. The number of hydrogen-bond acceptors (Lipinski definition) is 3. The monoisotopic (exact) mass is 298 g/mol. The van der Waals surface area contributed by atoms with Gasteiger partial charge in [0.05, 0.1) is 0 Å². The molecule has 1 aromatic carbocycles. The molecule has 2 nitrogen and oxygen atoms in total. The molecule has 3 rings (SSSR count). The average Bonchev–Trinajstić information content (AvgIpc) is 3.02.